The van der Waals surface area contributed by atoms with Gasteiger partial charge in [-0.25, -0.2) is 4.57 Å². The maximum Gasteiger partial charge on any atom is 0.473 e. The summed E-state index contributed by atoms with van der Waals surface area (Å²) in [5, 5.41) is 0. The first-order valence-electron chi connectivity index (χ1n) is 7.38. The van der Waals surface area contributed by atoms with E-state index in [0.717, 1.165) is 12.9 Å². The van der Waals surface area contributed by atoms with Crippen LogP contribution >= 0.6 is 15.4 Å². The average molecular weight is 382 g/mol. The van der Waals surface area contributed by atoms with Crippen LogP contribution in [0.3, 0.4) is 0 Å². The van der Waals surface area contributed by atoms with Gasteiger partial charge in [0.15, 0.2) is 0 Å². The molecule has 3 unspecified atom stereocenters. The molecule has 138 valence electrons. The van der Waals surface area contributed by atoms with Crippen LogP contribution in [0.1, 0.15) is 27.2 Å². The number of methoxy groups -OCH3 is 1. The van der Waals surface area contributed by atoms with Gasteiger partial charge in [-0.3, -0.25) is 13.6 Å². The minimum absolute atomic E-state index is 0.346. The molecule has 24 heavy (non-hydrogen) atoms. The highest BCUT2D eigenvalue weighted by atomic mass is 31.2. The van der Waals surface area contributed by atoms with E-state index in [1.807, 2.05) is 0 Å². The van der Waals surface area contributed by atoms with Crippen molar-refractivity contribution in [3.8, 4) is 0 Å². The van der Waals surface area contributed by atoms with E-state index in [4.69, 9.17) is 21.6 Å². The lowest BCUT2D eigenvalue weighted by atomic mass is 9.84. The van der Waals surface area contributed by atoms with Crippen molar-refractivity contribution in [2.24, 2.45) is 5.92 Å². The lowest BCUT2D eigenvalue weighted by Crippen LogP contribution is -2.31. The van der Waals surface area contributed by atoms with E-state index in [0.29, 0.717) is 6.42 Å². The van der Waals surface area contributed by atoms with Crippen molar-refractivity contribution in [3.63, 3.8) is 0 Å². The molecule has 8 nitrogen and oxygen atoms in total. The molecule has 0 saturated heterocycles. The van der Waals surface area contributed by atoms with Crippen molar-refractivity contribution in [2.75, 3.05) is 14.2 Å². The summed E-state index contributed by atoms with van der Waals surface area (Å²) >= 11 is 0. The molecule has 1 fully saturated rings. The molecule has 0 aromatic rings. The van der Waals surface area contributed by atoms with E-state index in [1.165, 1.54) is 13.2 Å². The second-order valence-electron chi connectivity index (χ2n) is 6.59. The van der Waals surface area contributed by atoms with Crippen LogP contribution in [-0.2, 0) is 27.4 Å². The van der Waals surface area contributed by atoms with Crippen LogP contribution in [0.15, 0.2) is 11.9 Å². The van der Waals surface area contributed by atoms with Crippen LogP contribution in [0.25, 0.3) is 0 Å². The van der Waals surface area contributed by atoms with E-state index in [-0.39, 0.29) is 5.92 Å². The maximum absolute atomic E-state index is 12.1. The molecular weight excluding hydrogens is 357 g/mol. The van der Waals surface area contributed by atoms with E-state index in [9.17, 15) is 18.9 Å². The minimum Gasteiger partial charge on any atom is -0.378 e. The largest absolute Gasteiger partial charge is 0.473 e. The van der Waals surface area contributed by atoms with Gasteiger partial charge in [-0.2, -0.15) is 0 Å². The van der Waals surface area contributed by atoms with Crippen molar-refractivity contribution in [1.82, 2.24) is 0 Å². The van der Waals surface area contributed by atoms with Gasteiger partial charge < -0.3 is 19.0 Å². The first-order chi connectivity index (χ1) is 10.8. The van der Waals surface area contributed by atoms with E-state index in [2.05, 4.69) is 4.52 Å². The van der Waals surface area contributed by atoms with Crippen LogP contribution in [0, 0.1) is 5.92 Å². The predicted octanol–water partition coefficient (Wildman–Crippen LogP) is 2.62. The summed E-state index contributed by atoms with van der Waals surface area (Å²) in [6.07, 6.45) is 0.230. The van der Waals surface area contributed by atoms with Gasteiger partial charge >= 0.3 is 15.4 Å². The zero-order valence-electron chi connectivity index (χ0n) is 14.5. The van der Waals surface area contributed by atoms with Crippen LogP contribution < -0.4 is 0 Å². The molecule has 0 aromatic heterocycles. The number of phosphoric ester groups is 1. The lowest BCUT2D eigenvalue weighted by molar-refractivity contribution is -0.0215. The third-order valence-corrected chi connectivity index (χ3v) is 5.77. The normalized spacial score (nSPS) is 33.5. The van der Waals surface area contributed by atoms with Crippen LogP contribution in [-0.4, -0.2) is 49.7 Å². The molecule has 0 aliphatic heterocycles. The zero-order chi connectivity index (χ0) is 18.8. The van der Waals surface area contributed by atoms with Crippen molar-refractivity contribution in [2.45, 2.75) is 50.8 Å². The van der Waals surface area contributed by atoms with E-state index < -0.39 is 39.0 Å². The molecule has 11 heteroatoms. The summed E-state index contributed by atoms with van der Waals surface area (Å²) in [7, 11) is 0.350. The Morgan fingerprint density at radius 2 is 1.75 bits per heavy atom. The molecule has 1 rings (SSSR count). The number of hydrogen-bond acceptors (Lipinski definition) is 6. The Bertz CT molecular complexity index is 547. The fraction of sp³-hybridized carbons (Fsp3) is 0.846. The molecule has 1 aliphatic rings. The fourth-order valence-electron chi connectivity index (χ4n) is 2.51. The standard InChI is InChI=1S/C13H25BO8P2/c1-13(2,3)22-24(17,18)21-12-10(14)8-9(11(12)19-4)6-7-23(15,16)20-5/h6-7,9-12H,8H2,1-5H3,(H,15,16)(H,17,18)/b7-6+/t9-,10?,11+,12-/m0/s1. The molecule has 1 aliphatic carbocycles. The smallest absolute Gasteiger partial charge is 0.378 e. The molecule has 0 aromatic carbocycles. The van der Waals surface area contributed by atoms with Gasteiger partial charge in [-0.15, -0.1) is 0 Å². The molecule has 0 spiro atoms. The second-order valence-corrected chi connectivity index (χ2v) is 9.72. The van der Waals surface area contributed by atoms with Crippen molar-refractivity contribution >= 4 is 23.3 Å². The van der Waals surface area contributed by atoms with Gasteiger partial charge in [0.05, 0.1) is 25.7 Å². The summed E-state index contributed by atoms with van der Waals surface area (Å²) < 4.78 is 43.7. The van der Waals surface area contributed by atoms with Crippen molar-refractivity contribution in [3.05, 3.63) is 11.9 Å². The fourth-order valence-corrected chi connectivity index (χ4v) is 4.39. The van der Waals surface area contributed by atoms with Gasteiger partial charge in [0.25, 0.3) is 0 Å². The second kappa shape index (κ2) is 8.15. The summed E-state index contributed by atoms with van der Waals surface area (Å²) in [4.78, 5) is 19.3. The summed E-state index contributed by atoms with van der Waals surface area (Å²) in [6, 6.07) is 0. The monoisotopic (exact) mass is 382 g/mol. The number of hydrogen-bond donors (Lipinski definition) is 2. The SMILES string of the molecule is [B]C1C[C@H](/C=C/P(=O)(O)OC)[C@@H](OC)[C@H]1OP(=O)(O)OC(C)(C)C. The number of rotatable bonds is 7. The third kappa shape index (κ3) is 6.73. The quantitative estimate of drug-likeness (QED) is 0.511. The predicted molar refractivity (Wildman–Crippen MR) is 89.9 cm³/mol. The zero-order valence-corrected chi connectivity index (χ0v) is 16.3. The van der Waals surface area contributed by atoms with Crippen molar-refractivity contribution in [1.29, 1.82) is 0 Å². The Labute approximate surface area is 144 Å². The maximum atomic E-state index is 12.1. The van der Waals surface area contributed by atoms with Gasteiger partial charge in [0.1, 0.15) is 0 Å². The Morgan fingerprint density at radius 1 is 1.17 bits per heavy atom. The highest BCUT2D eigenvalue weighted by Crippen LogP contribution is 2.53. The Hall–Kier alpha value is 0.0249. The molecule has 6 atom stereocenters. The molecule has 0 amide bonds. The van der Waals surface area contributed by atoms with Crippen LogP contribution in [0.2, 0.25) is 5.82 Å². The topological polar surface area (TPSA) is 112 Å². The van der Waals surface area contributed by atoms with Crippen LogP contribution in [0.4, 0.5) is 0 Å². The number of phosphoric acid groups is 1. The molecular formula is C13H25BO8P2. The average Bonchev–Trinajstić information content (AvgIpc) is 2.69. The molecule has 0 bridgehead atoms. The molecule has 2 N–H and O–H groups in total. The third-order valence-electron chi connectivity index (χ3n) is 3.41. The Kier molecular flexibility index (Phi) is 7.49. The Morgan fingerprint density at radius 3 is 2.21 bits per heavy atom. The highest BCUT2D eigenvalue weighted by Gasteiger charge is 2.45. The molecule has 0 heterocycles. The van der Waals surface area contributed by atoms with E-state index in [1.54, 1.807) is 20.8 Å². The van der Waals surface area contributed by atoms with Gasteiger partial charge in [0.2, 0.25) is 0 Å². The highest BCUT2D eigenvalue weighted by molar-refractivity contribution is 7.56. The summed E-state index contributed by atoms with van der Waals surface area (Å²) in [5.74, 6) is 0.0673. The number of ether oxygens (including phenoxy) is 1. The van der Waals surface area contributed by atoms with Gasteiger partial charge in [-0.05, 0) is 33.0 Å². The lowest BCUT2D eigenvalue weighted by Gasteiger charge is -2.29. The van der Waals surface area contributed by atoms with Crippen molar-refractivity contribution < 1.29 is 37.2 Å². The molecule has 2 radical (unpaired) electrons. The van der Waals surface area contributed by atoms with Gasteiger partial charge in [-0.1, -0.05) is 6.08 Å². The van der Waals surface area contributed by atoms with Gasteiger partial charge in [0, 0.05) is 26.0 Å². The first-order valence-corrected chi connectivity index (χ1v) is 10.5. The summed E-state index contributed by atoms with van der Waals surface area (Å²) in [5.41, 5.74) is -0.878. The van der Waals surface area contributed by atoms with E-state index >= 15 is 0 Å². The minimum atomic E-state index is -4.35. The summed E-state index contributed by atoms with van der Waals surface area (Å²) in [6.45, 7) is 4.87. The Balaban J connectivity index is 2.89. The first kappa shape index (κ1) is 22.1. The van der Waals surface area contributed by atoms with Crippen LogP contribution in [0.5, 0.6) is 0 Å². The molecule has 1 saturated carbocycles.